The summed E-state index contributed by atoms with van der Waals surface area (Å²) in [5, 5.41) is 11.4. The van der Waals surface area contributed by atoms with Crippen LogP contribution in [0.5, 0.6) is 0 Å². The second-order valence-corrected chi connectivity index (χ2v) is 4.07. The number of aliphatic hydroxyl groups excluding tert-OH is 1. The third-order valence-electron chi connectivity index (χ3n) is 2.47. The van der Waals surface area contributed by atoms with E-state index in [0.29, 0.717) is 13.0 Å². The Hall–Kier alpha value is -1.30. The molecule has 1 aromatic rings. The Bertz CT molecular complexity index is 349. The second-order valence-electron chi connectivity index (χ2n) is 4.07. The molecule has 1 unspecified atom stereocenters. The number of benzene rings is 1. The predicted octanol–water partition coefficient (Wildman–Crippen LogP) is 1.43. The lowest BCUT2D eigenvalue weighted by molar-refractivity contribution is 0.139. The van der Waals surface area contributed by atoms with E-state index in [1.54, 1.807) is 0 Å². The van der Waals surface area contributed by atoms with Crippen LogP contribution in [0.2, 0.25) is 0 Å². The molecule has 0 fully saturated rings. The fraction of sp³-hybridized carbons (Fsp3) is 0.462. The summed E-state index contributed by atoms with van der Waals surface area (Å²) in [6, 6.07) is 9.28. The third-order valence-corrected chi connectivity index (χ3v) is 2.47. The van der Waals surface area contributed by atoms with Gasteiger partial charge in [0.1, 0.15) is 6.61 Å². The molecular formula is C13H21ClN2O3. The number of carbonyl (C=O) groups is 1. The van der Waals surface area contributed by atoms with Crippen LogP contribution in [0, 0.1) is 0 Å². The molecule has 6 heteroatoms. The topological polar surface area (TPSA) is 84.6 Å². The molecule has 0 saturated carbocycles. The SMILES string of the molecule is Cl.NC(CO)CCCNC(=O)OCc1ccccc1. The molecule has 1 atom stereocenters. The van der Waals surface area contributed by atoms with Crippen LogP contribution in [0.15, 0.2) is 30.3 Å². The van der Waals surface area contributed by atoms with Gasteiger partial charge < -0.3 is 20.9 Å². The van der Waals surface area contributed by atoms with E-state index in [0.717, 1.165) is 12.0 Å². The van der Waals surface area contributed by atoms with Gasteiger partial charge in [0.15, 0.2) is 0 Å². The minimum atomic E-state index is -0.434. The van der Waals surface area contributed by atoms with Gasteiger partial charge in [0, 0.05) is 12.6 Å². The molecule has 0 aromatic heterocycles. The van der Waals surface area contributed by atoms with Crippen molar-refractivity contribution in [3.8, 4) is 0 Å². The molecule has 0 bridgehead atoms. The molecular weight excluding hydrogens is 268 g/mol. The average Bonchev–Trinajstić information content (AvgIpc) is 2.42. The van der Waals surface area contributed by atoms with Crippen molar-refractivity contribution in [3.05, 3.63) is 35.9 Å². The zero-order valence-electron chi connectivity index (χ0n) is 10.7. The number of halogens is 1. The van der Waals surface area contributed by atoms with Crippen molar-refractivity contribution in [2.24, 2.45) is 5.73 Å². The molecule has 0 spiro atoms. The molecule has 0 radical (unpaired) electrons. The maximum Gasteiger partial charge on any atom is 0.407 e. The van der Waals surface area contributed by atoms with Crippen molar-refractivity contribution in [1.29, 1.82) is 0 Å². The van der Waals surface area contributed by atoms with Crippen LogP contribution >= 0.6 is 12.4 Å². The molecule has 0 saturated heterocycles. The molecule has 108 valence electrons. The first kappa shape index (κ1) is 17.7. The number of nitrogens with two attached hydrogens (primary N) is 1. The summed E-state index contributed by atoms with van der Waals surface area (Å²) in [6.07, 6.45) is 0.967. The smallest absolute Gasteiger partial charge is 0.407 e. The van der Waals surface area contributed by atoms with Gasteiger partial charge in [-0.2, -0.15) is 0 Å². The second kappa shape index (κ2) is 10.6. The summed E-state index contributed by atoms with van der Waals surface area (Å²) in [4.78, 5) is 11.3. The normalized spacial score (nSPS) is 11.3. The van der Waals surface area contributed by atoms with E-state index in [9.17, 15) is 4.79 Å². The molecule has 1 aromatic carbocycles. The molecule has 19 heavy (non-hydrogen) atoms. The quantitative estimate of drug-likeness (QED) is 0.663. The lowest BCUT2D eigenvalue weighted by Crippen LogP contribution is -2.28. The molecule has 1 rings (SSSR count). The number of ether oxygens (including phenoxy) is 1. The Morgan fingerprint density at radius 1 is 1.37 bits per heavy atom. The van der Waals surface area contributed by atoms with Gasteiger partial charge in [0.25, 0.3) is 0 Å². The summed E-state index contributed by atoms with van der Waals surface area (Å²) < 4.78 is 5.03. The van der Waals surface area contributed by atoms with E-state index in [1.165, 1.54) is 0 Å². The first-order chi connectivity index (χ1) is 8.72. The van der Waals surface area contributed by atoms with Crippen molar-refractivity contribution in [1.82, 2.24) is 5.32 Å². The zero-order chi connectivity index (χ0) is 13.2. The van der Waals surface area contributed by atoms with Crippen LogP contribution < -0.4 is 11.1 Å². The largest absolute Gasteiger partial charge is 0.445 e. The molecule has 0 heterocycles. The molecule has 0 aliphatic heterocycles. The highest BCUT2D eigenvalue weighted by molar-refractivity contribution is 5.85. The number of nitrogens with one attached hydrogen (secondary N) is 1. The van der Waals surface area contributed by atoms with Crippen LogP contribution in [-0.2, 0) is 11.3 Å². The monoisotopic (exact) mass is 288 g/mol. The van der Waals surface area contributed by atoms with Crippen molar-refractivity contribution < 1.29 is 14.6 Å². The molecule has 5 nitrogen and oxygen atoms in total. The van der Waals surface area contributed by atoms with E-state index in [1.807, 2.05) is 30.3 Å². The number of rotatable bonds is 7. The van der Waals surface area contributed by atoms with Gasteiger partial charge in [0.05, 0.1) is 6.61 Å². The van der Waals surface area contributed by atoms with Crippen LogP contribution in [-0.4, -0.2) is 30.4 Å². The van der Waals surface area contributed by atoms with Crippen LogP contribution in [0.1, 0.15) is 18.4 Å². The van der Waals surface area contributed by atoms with Gasteiger partial charge in [-0.1, -0.05) is 30.3 Å². The number of aliphatic hydroxyl groups is 1. The fourth-order valence-electron chi connectivity index (χ4n) is 1.42. The third kappa shape index (κ3) is 8.42. The predicted molar refractivity (Wildman–Crippen MR) is 76.2 cm³/mol. The first-order valence-electron chi connectivity index (χ1n) is 6.03. The van der Waals surface area contributed by atoms with Gasteiger partial charge in [0.2, 0.25) is 0 Å². The van der Waals surface area contributed by atoms with Crippen LogP contribution in [0.25, 0.3) is 0 Å². The van der Waals surface area contributed by atoms with Gasteiger partial charge >= 0.3 is 6.09 Å². The Morgan fingerprint density at radius 2 is 2.05 bits per heavy atom. The maximum atomic E-state index is 11.3. The van der Waals surface area contributed by atoms with E-state index in [-0.39, 0.29) is 31.7 Å². The summed E-state index contributed by atoms with van der Waals surface area (Å²) in [5.74, 6) is 0. The molecule has 1 amide bonds. The van der Waals surface area contributed by atoms with Crippen molar-refractivity contribution in [3.63, 3.8) is 0 Å². The van der Waals surface area contributed by atoms with Gasteiger partial charge in [-0.3, -0.25) is 0 Å². The standard InChI is InChI=1S/C13H20N2O3.ClH/c14-12(9-16)7-4-8-15-13(17)18-10-11-5-2-1-3-6-11;/h1-3,5-6,12,16H,4,7-10,14H2,(H,15,17);1H. The first-order valence-corrected chi connectivity index (χ1v) is 6.03. The minimum Gasteiger partial charge on any atom is -0.445 e. The summed E-state index contributed by atoms with van der Waals surface area (Å²) in [7, 11) is 0. The Kier molecular flexibility index (Phi) is 9.88. The molecule has 0 aliphatic rings. The number of hydrogen-bond acceptors (Lipinski definition) is 4. The number of alkyl carbamates (subject to hydrolysis) is 1. The number of hydrogen-bond donors (Lipinski definition) is 3. The fourth-order valence-corrected chi connectivity index (χ4v) is 1.42. The highest BCUT2D eigenvalue weighted by atomic mass is 35.5. The van der Waals surface area contributed by atoms with Crippen LogP contribution in [0.4, 0.5) is 4.79 Å². The van der Waals surface area contributed by atoms with Gasteiger partial charge in [-0.05, 0) is 18.4 Å². The Morgan fingerprint density at radius 3 is 2.68 bits per heavy atom. The summed E-state index contributed by atoms with van der Waals surface area (Å²) >= 11 is 0. The lowest BCUT2D eigenvalue weighted by Gasteiger charge is -2.09. The summed E-state index contributed by atoms with van der Waals surface area (Å²) in [5.41, 5.74) is 6.48. The Balaban J connectivity index is 0.00000324. The maximum absolute atomic E-state index is 11.3. The van der Waals surface area contributed by atoms with E-state index >= 15 is 0 Å². The van der Waals surface area contributed by atoms with Crippen LogP contribution in [0.3, 0.4) is 0 Å². The van der Waals surface area contributed by atoms with Gasteiger partial charge in [-0.15, -0.1) is 12.4 Å². The van der Waals surface area contributed by atoms with Crippen molar-refractivity contribution in [2.75, 3.05) is 13.2 Å². The van der Waals surface area contributed by atoms with E-state index in [2.05, 4.69) is 5.32 Å². The highest BCUT2D eigenvalue weighted by Crippen LogP contribution is 2.00. The minimum absolute atomic E-state index is 0. The van der Waals surface area contributed by atoms with E-state index < -0.39 is 6.09 Å². The Labute approximate surface area is 119 Å². The number of carbonyl (C=O) groups excluding carboxylic acids is 1. The van der Waals surface area contributed by atoms with Crippen molar-refractivity contribution in [2.45, 2.75) is 25.5 Å². The lowest BCUT2D eigenvalue weighted by atomic mass is 10.2. The van der Waals surface area contributed by atoms with E-state index in [4.69, 9.17) is 15.6 Å². The van der Waals surface area contributed by atoms with Crippen molar-refractivity contribution >= 4 is 18.5 Å². The summed E-state index contributed by atoms with van der Waals surface area (Å²) in [6.45, 7) is 0.739. The zero-order valence-corrected chi connectivity index (χ0v) is 11.6. The highest BCUT2D eigenvalue weighted by Gasteiger charge is 2.03. The molecule has 4 N–H and O–H groups in total. The molecule has 0 aliphatic carbocycles. The number of amides is 1. The van der Waals surface area contributed by atoms with Gasteiger partial charge in [-0.25, -0.2) is 4.79 Å². The average molecular weight is 289 g/mol.